The number of carbonyl (C=O) groups excluding carboxylic acids is 1. The lowest BCUT2D eigenvalue weighted by Gasteiger charge is -1.95. The molecule has 1 amide bonds. The lowest BCUT2D eigenvalue weighted by Crippen LogP contribution is -2.10. The molecule has 0 aliphatic rings. The van der Waals surface area contributed by atoms with Crippen molar-refractivity contribution in [3.8, 4) is 0 Å². The third-order valence-corrected chi connectivity index (χ3v) is 3.12. The first kappa shape index (κ1) is 11.2. The van der Waals surface area contributed by atoms with E-state index in [4.69, 9.17) is 16.0 Å². The number of carbonyl (C=O) groups is 1. The summed E-state index contributed by atoms with van der Waals surface area (Å²) >= 11 is 7.10. The Balaban J connectivity index is 1.92. The summed E-state index contributed by atoms with van der Waals surface area (Å²) in [5.41, 5.74) is 2.15. The Hall–Kier alpha value is -1.92. The van der Waals surface area contributed by atoms with E-state index < -0.39 is 0 Å². The molecule has 0 unspecified atom stereocenters. The molecule has 90 valence electrons. The summed E-state index contributed by atoms with van der Waals surface area (Å²) in [6.45, 7) is 0. The van der Waals surface area contributed by atoms with Crippen LogP contribution in [-0.4, -0.2) is 16.1 Å². The number of rotatable bonds is 2. The van der Waals surface area contributed by atoms with Crippen LogP contribution < -0.4 is 5.32 Å². The zero-order valence-electron chi connectivity index (χ0n) is 8.88. The van der Waals surface area contributed by atoms with Crippen LogP contribution in [0.3, 0.4) is 0 Å². The van der Waals surface area contributed by atoms with Crippen LogP contribution >= 0.6 is 22.9 Å². The molecule has 18 heavy (non-hydrogen) atoms. The molecule has 0 saturated carbocycles. The minimum atomic E-state index is -0.362. The second-order valence-electron chi connectivity index (χ2n) is 3.49. The zero-order chi connectivity index (χ0) is 12.5. The highest BCUT2D eigenvalue weighted by molar-refractivity contribution is 7.13. The number of amides is 1. The summed E-state index contributed by atoms with van der Waals surface area (Å²) in [6.07, 6.45) is 0. The average Bonchev–Trinajstić information content (AvgIpc) is 2.96. The van der Waals surface area contributed by atoms with Gasteiger partial charge in [0, 0.05) is 10.4 Å². The monoisotopic (exact) mass is 279 g/mol. The van der Waals surface area contributed by atoms with Gasteiger partial charge in [0.25, 0.3) is 5.91 Å². The van der Waals surface area contributed by atoms with E-state index in [-0.39, 0.29) is 11.7 Å². The number of anilines is 1. The van der Waals surface area contributed by atoms with Crippen molar-refractivity contribution < 1.29 is 9.21 Å². The minimum Gasteiger partial charge on any atom is -0.451 e. The molecule has 0 saturated heterocycles. The normalized spacial score (nSPS) is 10.7. The van der Waals surface area contributed by atoms with Crippen molar-refractivity contribution in [3.63, 3.8) is 0 Å². The van der Waals surface area contributed by atoms with Gasteiger partial charge in [-0.25, -0.2) is 0 Å². The third-order valence-electron chi connectivity index (χ3n) is 2.28. The molecule has 3 aromatic rings. The van der Waals surface area contributed by atoms with Crippen molar-refractivity contribution in [2.24, 2.45) is 0 Å². The number of benzene rings is 1. The molecule has 0 fully saturated rings. The van der Waals surface area contributed by atoms with E-state index in [0.717, 1.165) is 5.39 Å². The quantitative estimate of drug-likeness (QED) is 0.782. The number of nitrogens with one attached hydrogen (secondary N) is 1. The van der Waals surface area contributed by atoms with E-state index in [1.54, 1.807) is 24.3 Å². The summed E-state index contributed by atoms with van der Waals surface area (Å²) in [5, 5.41) is 11.8. The number of fused-ring (bicyclic) bond motifs is 1. The number of hydrogen-bond acceptors (Lipinski definition) is 5. The Labute approximate surface area is 110 Å². The topological polar surface area (TPSA) is 68.0 Å². The second-order valence-corrected chi connectivity index (χ2v) is 4.76. The third kappa shape index (κ3) is 2.07. The van der Waals surface area contributed by atoms with Crippen molar-refractivity contribution in [3.05, 3.63) is 40.6 Å². The van der Waals surface area contributed by atoms with Crippen molar-refractivity contribution in [1.82, 2.24) is 10.2 Å². The molecule has 2 aromatic heterocycles. The highest BCUT2D eigenvalue weighted by Crippen LogP contribution is 2.23. The summed E-state index contributed by atoms with van der Waals surface area (Å²) < 4.78 is 5.42. The molecule has 1 aromatic carbocycles. The maximum absolute atomic E-state index is 11.9. The first-order valence-corrected chi connectivity index (χ1v) is 6.25. The average molecular weight is 280 g/mol. The van der Waals surface area contributed by atoms with Crippen molar-refractivity contribution in [1.29, 1.82) is 0 Å². The number of hydrogen-bond donors (Lipinski definition) is 1. The van der Waals surface area contributed by atoms with Crippen molar-refractivity contribution in [2.45, 2.75) is 0 Å². The zero-order valence-corrected chi connectivity index (χ0v) is 10.5. The van der Waals surface area contributed by atoms with Gasteiger partial charge in [-0.3, -0.25) is 10.1 Å². The molecule has 0 aliphatic heterocycles. The molecule has 0 bridgehead atoms. The van der Waals surface area contributed by atoms with Gasteiger partial charge in [-0.1, -0.05) is 22.9 Å². The molecular formula is C11H6ClN3O2S. The largest absolute Gasteiger partial charge is 0.451 e. The van der Waals surface area contributed by atoms with Crippen LogP contribution in [0.4, 0.5) is 5.13 Å². The molecule has 3 rings (SSSR count). The molecule has 0 spiro atoms. The van der Waals surface area contributed by atoms with E-state index >= 15 is 0 Å². The molecule has 1 N–H and O–H groups in total. The second kappa shape index (κ2) is 4.40. The Morgan fingerprint density at radius 1 is 1.39 bits per heavy atom. The highest BCUT2D eigenvalue weighted by Gasteiger charge is 2.13. The predicted octanol–water partition coefficient (Wildman–Crippen LogP) is 3.19. The highest BCUT2D eigenvalue weighted by atomic mass is 35.5. The molecular weight excluding hydrogens is 274 g/mol. The summed E-state index contributed by atoms with van der Waals surface area (Å²) in [4.78, 5) is 11.9. The molecule has 0 atom stereocenters. The van der Waals surface area contributed by atoms with Crippen molar-refractivity contribution in [2.75, 3.05) is 5.32 Å². The van der Waals surface area contributed by atoms with E-state index in [0.29, 0.717) is 15.7 Å². The van der Waals surface area contributed by atoms with Crippen molar-refractivity contribution >= 4 is 44.9 Å². The van der Waals surface area contributed by atoms with Crippen LogP contribution in [0.2, 0.25) is 5.02 Å². The fraction of sp³-hybridized carbons (Fsp3) is 0. The Morgan fingerprint density at radius 2 is 2.28 bits per heavy atom. The molecule has 7 heteroatoms. The minimum absolute atomic E-state index is 0.211. The van der Waals surface area contributed by atoms with Gasteiger partial charge in [-0.05, 0) is 24.3 Å². The Morgan fingerprint density at radius 3 is 3.06 bits per heavy atom. The molecule has 0 aliphatic carbocycles. The fourth-order valence-corrected chi connectivity index (χ4v) is 2.13. The fourth-order valence-electron chi connectivity index (χ4n) is 1.51. The first-order chi connectivity index (χ1) is 8.72. The lowest BCUT2D eigenvalue weighted by molar-refractivity contribution is 0.0998. The van der Waals surface area contributed by atoms with Crippen LogP contribution in [0, 0.1) is 0 Å². The van der Waals surface area contributed by atoms with Gasteiger partial charge in [0.2, 0.25) is 5.13 Å². The van der Waals surface area contributed by atoms with Gasteiger partial charge >= 0.3 is 0 Å². The van der Waals surface area contributed by atoms with E-state index in [9.17, 15) is 4.79 Å². The maximum Gasteiger partial charge on any atom is 0.293 e. The van der Waals surface area contributed by atoms with Gasteiger partial charge in [0.1, 0.15) is 11.1 Å². The number of aromatic nitrogens is 2. The smallest absolute Gasteiger partial charge is 0.293 e. The van der Waals surface area contributed by atoms with E-state index in [2.05, 4.69) is 15.5 Å². The number of furan rings is 1. The summed E-state index contributed by atoms with van der Waals surface area (Å²) in [7, 11) is 0. The van der Waals surface area contributed by atoms with Crippen LogP contribution in [0.5, 0.6) is 0 Å². The standard InChI is InChI=1S/C11H6ClN3O2S/c12-7-1-2-8-6(3-7)4-9(17-8)10(16)14-11-15-13-5-18-11/h1-5H,(H,14,15,16). The Bertz CT molecular complexity index is 708. The lowest BCUT2D eigenvalue weighted by atomic mass is 10.2. The van der Waals surface area contributed by atoms with Gasteiger partial charge in [-0.2, -0.15) is 0 Å². The van der Waals surface area contributed by atoms with Gasteiger partial charge in [0.15, 0.2) is 5.76 Å². The predicted molar refractivity (Wildman–Crippen MR) is 69.1 cm³/mol. The summed E-state index contributed by atoms with van der Waals surface area (Å²) in [6, 6.07) is 6.80. The van der Waals surface area contributed by atoms with E-state index in [1.165, 1.54) is 16.8 Å². The SMILES string of the molecule is O=C(Nc1nncs1)c1cc2cc(Cl)ccc2o1. The number of nitrogens with zero attached hydrogens (tertiary/aromatic N) is 2. The van der Waals surface area contributed by atoms with Crippen LogP contribution in [-0.2, 0) is 0 Å². The molecule has 0 radical (unpaired) electrons. The number of halogens is 1. The first-order valence-electron chi connectivity index (χ1n) is 4.99. The maximum atomic E-state index is 11.9. The van der Waals surface area contributed by atoms with Gasteiger partial charge in [0.05, 0.1) is 0 Å². The summed E-state index contributed by atoms with van der Waals surface area (Å²) in [5.74, 6) is -0.151. The van der Waals surface area contributed by atoms with Crippen LogP contribution in [0.1, 0.15) is 10.6 Å². The molecule has 5 nitrogen and oxygen atoms in total. The van der Waals surface area contributed by atoms with Crippen LogP contribution in [0.15, 0.2) is 34.2 Å². The van der Waals surface area contributed by atoms with Crippen LogP contribution in [0.25, 0.3) is 11.0 Å². The van der Waals surface area contributed by atoms with Gasteiger partial charge < -0.3 is 4.42 Å². The Kier molecular flexibility index (Phi) is 2.73. The van der Waals surface area contributed by atoms with Gasteiger partial charge in [-0.15, -0.1) is 10.2 Å². The van der Waals surface area contributed by atoms with E-state index in [1.807, 2.05) is 0 Å². The molecule has 2 heterocycles.